The minimum atomic E-state index is -4.72. The van der Waals surface area contributed by atoms with E-state index in [0.717, 1.165) is 12.1 Å². The third kappa shape index (κ3) is 6.83. The lowest BCUT2D eigenvalue weighted by molar-refractivity contribution is -0.147. The Balaban J connectivity index is 1.33. The number of nitrogens with zero attached hydrogens (tertiary/aromatic N) is 4. The van der Waals surface area contributed by atoms with Crippen LogP contribution < -0.4 is 10.6 Å². The molecule has 1 unspecified atom stereocenters. The van der Waals surface area contributed by atoms with E-state index in [1.165, 1.54) is 53.6 Å². The topological polar surface area (TPSA) is 84.2 Å². The number of imidazole rings is 1. The molecule has 1 aliphatic heterocycles. The number of amides is 1. The van der Waals surface area contributed by atoms with E-state index in [1.807, 2.05) is 0 Å². The molecule has 5 rings (SSSR count). The van der Waals surface area contributed by atoms with E-state index in [0.29, 0.717) is 17.3 Å². The summed E-state index contributed by atoms with van der Waals surface area (Å²) < 4.78 is 95.1. The Morgan fingerprint density at radius 1 is 1.02 bits per heavy atom. The maximum absolute atomic E-state index is 14.5. The average Bonchev–Trinajstić information content (AvgIpc) is 3.63. The van der Waals surface area contributed by atoms with Gasteiger partial charge < -0.3 is 15.2 Å². The van der Waals surface area contributed by atoms with Crippen molar-refractivity contribution in [1.29, 1.82) is 0 Å². The molecule has 2 aromatic heterocycles. The second kappa shape index (κ2) is 11.2. The van der Waals surface area contributed by atoms with Crippen LogP contribution in [-0.4, -0.2) is 45.0 Å². The summed E-state index contributed by atoms with van der Waals surface area (Å²) in [5, 5.41) is 4.73. The highest BCUT2D eigenvalue weighted by Gasteiger charge is 2.42. The number of aromatic nitrogens is 3. The quantitative estimate of drug-likeness (QED) is 0.234. The molecule has 1 aliphatic rings. The number of anilines is 1. The molecule has 2 aromatic carbocycles. The summed E-state index contributed by atoms with van der Waals surface area (Å²) in [6.45, 7) is 1.20. The Kier molecular flexibility index (Phi) is 7.66. The number of rotatable bonds is 4. The highest BCUT2D eigenvalue weighted by atomic mass is 19.4. The van der Waals surface area contributed by atoms with Crippen LogP contribution in [0.4, 0.5) is 36.4 Å². The normalized spacial score (nSPS) is 14.9. The summed E-state index contributed by atoms with van der Waals surface area (Å²) in [7, 11) is 0. The van der Waals surface area contributed by atoms with Crippen molar-refractivity contribution in [2.75, 3.05) is 11.9 Å². The molecular weight excluding hydrogens is 581 g/mol. The van der Waals surface area contributed by atoms with Crippen LogP contribution in [0.25, 0.3) is 5.69 Å². The summed E-state index contributed by atoms with van der Waals surface area (Å²) >= 11 is 0. The predicted octanol–water partition coefficient (Wildman–Crippen LogP) is 5.67. The van der Waals surface area contributed by atoms with Gasteiger partial charge in [0.25, 0.3) is 5.91 Å². The van der Waals surface area contributed by atoms with Crippen LogP contribution in [0.2, 0.25) is 0 Å². The lowest BCUT2D eigenvalue weighted by Gasteiger charge is -2.14. The van der Waals surface area contributed by atoms with E-state index in [-0.39, 0.29) is 34.0 Å². The first-order valence-electron chi connectivity index (χ1n) is 12.5. The Morgan fingerprint density at radius 3 is 2.44 bits per heavy atom. The van der Waals surface area contributed by atoms with Gasteiger partial charge in [-0.15, -0.1) is 0 Å². The lowest BCUT2D eigenvalue weighted by atomic mass is 10.1. The van der Waals surface area contributed by atoms with Crippen molar-refractivity contribution < 1.29 is 35.5 Å². The zero-order valence-electron chi connectivity index (χ0n) is 22.0. The zero-order valence-corrected chi connectivity index (χ0v) is 22.0. The molecule has 7 nitrogen and oxygen atoms in total. The van der Waals surface area contributed by atoms with E-state index in [4.69, 9.17) is 0 Å². The largest absolute Gasteiger partial charge is 0.416 e. The number of alkyl halides is 6. The molecule has 0 saturated carbocycles. The van der Waals surface area contributed by atoms with Gasteiger partial charge in [-0.1, -0.05) is 11.8 Å². The van der Waals surface area contributed by atoms with Gasteiger partial charge in [0.15, 0.2) is 0 Å². The first-order chi connectivity index (χ1) is 20.3. The van der Waals surface area contributed by atoms with Gasteiger partial charge in [-0.2, -0.15) is 26.3 Å². The van der Waals surface area contributed by atoms with Crippen LogP contribution in [-0.2, 0) is 6.18 Å². The Labute approximate surface area is 239 Å². The number of pyridine rings is 1. The van der Waals surface area contributed by atoms with E-state index < -0.39 is 42.2 Å². The number of benzene rings is 2. The minimum Gasteiger partial charge on any atom is -0.356 e. The molecule has 0 radical (unpaired) electrons. The predicted molar refractivity (Wildman–Crippen MR) is 142 cm³/mol. The van der Waals surface area contributed by atoms with Crippen LogP contribution in [0.5, 0.6) is 0 Å². The van der Waals surface area contributed by atoms with Gasteiger partial charge in [0, 0.05) is 34.9 Å². The number of aliphatic imine (C=N–C) groups is 1. The van der Waals surface area contributed by atoms with Crippen molar-refractivity contribution in [2.24, 2.45) is 4.99 Å². The van der Waals surface area contributed by atoms with E-state index >= 15 is 0 Å². The summed E-state index contributed by atoms with van der Waals surface area (Å²) in [6.07, 6.45) is -5.06. The van der Waals surface area contributed by atoms with Crippen LogP contribution in [0.1, 0.15) is 38.4 Å². The fraction of sp³-hybridized carbons (Fsp3) is 0.172. The molecule has 2 N–H and O–H groups in total. The van der Waals surface area contributed by atoms with Gasteiger partial charge in [-0.05, 0) is 55.5 Å². The van der Waals surface area contributed by atoms with Crippen molar-refractivity contribution in [3.63, 3.8) is 0 Å². The number of hydrogen-bond donors (Lipinski definition) is 2. The van der Waals surface area contributed by atoms with Gasteiger partial charge >= 0.3 is 12.4 Å². The second-order valence-electron chi connectivity index (χ2n) is 9.45. The average molecular weight is 600 g/mol. The number of hydrogen-bond acceptors (Lipinski definition) is 5. The molecule has 0 saturated heterocycles. The number of aryl methyl sites for hydroxylation is 1. The maximum atomic E-state index is 14.5. The van der Waals surface area contributed by atoms with Gasteiger partial charge in [0.2, 0.25) is 0 Å². The molecule has 0 bridgehead atoms. The summed E-state index contributed by atoms with van der Waals surface area (Å²) in [5.41, 5.74) is -0.258. The number of amidine groups is 1. The molecule has 14 heteroatoms. The first kappa shape index (κ1) is 29.3. The van der Waals surface area contributed by atoms with Gasteiger partial charge in [0.1, 0.15) is 23.4 Å². The molecule has 0 spiro atoms. The van der Waals surface area contributed by atoms with Gasteiger partial charge in [-0.3, -0.25) is 14.8 Å². The number of carbonyl (C=O) groups excluding carboxylic acids is 1. The van der Waals surface area contributed by atoms with E-state index in [1.54, 1.807) is 6.92 Å². The molecule has 3 heterocycles. The van der Waals surface area contributed by atoms with Crippen molar-refractivity contribution in [3.05, 3.63) is 107 Å². The third-order valence-corrected chi connectivity index (χ3v) is 6.23. The van der Waals surface area contributed by atoms with Crippen molar-refractivity contribution >= 4 is 17.4 Å². The minimum absolute atomic E-state index is 0.00986. The van der Waals surface area contributed by atoms with Gasteiger partial charge in [-0.25, -0.2) is 9.37 Å². The number of carbonyl (C=O) groups is 1. The van der Waals surface area contributed by atoms with Crippen molar-refractivity contribution in [1.82, 2.24) is 19.9 Å². The molecule has 0 aliphatic carbocycles. The molecule has 0 fully saturated rings. The van der Waals surface area contributed by atoms with Crippen LogP contribution in [0, 0.1) is 24.6 Å². The molecule has 1 atom stereocenters. The van der Waals surface area contributed by atoms with Crippen LogP contribution in [0.15, 0.2) is 72.2 Å². The first-order valence-corrected chi connectivity index (χ1v) is 12.5. The highest BCUT2D eigenvalue weighted by Crippen LogP contribution is 2.32. The monoisotopic (exact) mass is 600 g/mol. The Morgan fingerprint density at radius 2 is 1.81 bits per heavy atom. The lowest BCUT2D eigenvalue weighted by Crippen LogP contribution is -2.42. The molecule has 43 heavy (non-hydrogen) atoms. The summed E-state index contributed by atoms with van der Waals surface area (Å²) in [6, 6.07) is 7.43. The maximum Gasteiger partial charge on any atom is 0.416 e. The SMILES string of the molecule is Cc1cn(-c2cc(C(=O)Nc3ccc(F)c(C#Cc4ccc(C5=NCC(C(F)(F)F)N5)nc4)c3)cc(C(F)(F)F)c2)cn1. The molecule has 220 valence electrons. The Hall–Kier alpha value is -5.19. The molecular formula is C29H19F7N6O. The van der Waals surface area contributed by atoms with E-state index in [9.17, 15) is 35.5 Å². The fourth-order valence-electron chi connectivity index (χ4n) is 4.05. The summed E-state index contributed by atoms with van der Waals surface area (Å²) in [4.78, 5) is 24.8. The van der Waals surface area contributed by atoms with Crippen LogP contribution >= 0.6 is 0 Å². The Bertz CT molecular complexity index is 1780. The standard InChI is InChI=1S/C29H19F7N6O/c1-16-14-42(15-39-16)22-10-19(8-20(11-22)28(31,32)33)27(43)40-21-5-6-23(30)18(9-21)4-2-17-3-7-24(37-12-17)26-38-13-25(41-26)29(34,35)36/h3,5-12,14-15,25H,13H2,1H3,(H,38,41)(H,40,43). The molecule has 1 amide bonds. The van der Waals surface area contributed by atoms with Crippen LogP contribution in [0.3, 0.4) is 0 Å². The zero-order chi connectivity index (χ0) is 30.9. The smallest absolute Gasteiger partial charge is 0.356 e. The van der Waals surface area contributed by atoms with E-state index in [2.05, 4.69) is 37.4 Å². The molecule has 4 aromatic rings. The summed E-state index contributed by atoms with van der Waals surface area (Å²) in [5.74, 6) is 3.66. The van der Waals surface area contributed by atoms with Crippen molar-refractivity contribution in [2.45, 2.75) is 25.3 Å². The van der Waals surface area contributed by atoms with Gasteiger partial charge in [0.05, 0.1) is 29.7 Å². The number of nitrogens with one attached hydrogen (secondary N) is 2. The number of halogens is 7. The third-order valence-electron chi connectivity index (χ3n) is 6.23. The fourth-order valence-corrected chi connectivity index (χ4v) is 4.05. The highest BCUT2D eigenvalue weighted by molar-refractivity contribution is 6.05. The second-order valence-corrected chi connectivity index (χ2v) is 9.45. The van der Waals surface area contributed by atoms with Crippen molar-refractivity contribution in [3.8, 4) is 17.5 Å².